The Balaban J connectivity index is 0.000000228. The van der Waals surface area contributed by atoms with Gasteiger partial charge >= 0.3 is 18.1 Å². The summed E-state index contributed by atoms with van der Waals surface area (Å²) in [7, 11) is -3.49. The van der Waals surface area contributed by atoms with Crippen molar-refractivity contribution in [2.75, 3.05) is 22.3 Å². The summed E-state index contributed by atoms with van der Waals surface area (Å²) < 4.78 is 58.4. The van der Waals surface area contributed by atoms with Crippen molar-refractivity contribution in [2.45, 2.75) is 24.9 Å². The molecule has 1 aliphatic heterocycles. The Morgan fingerprint density at radius 3 is 1.92 bits per heavy atom. The van der Waals surface area contributed by atoms with Gasteiger partial charge in [0.05, 0.1) is 11.4 Å². The van der Waals surface area contributed by atoms with E-state index in [1.54, 1.807) is 72.8 Å². The van der Waals surface area contributed by atoms with E-state index in [1.165, 1.54) is 9.21 Å². The summed E-state index contributed by atoms with van der Waals surface area (Å²) in [6.45, 7) is 0.327. The number of sulfonamides is 1. The highest BCUT2D eigenvalue weighted by Gasteiger charge is 2.38. The van der Waals surface area contributed by atoms with Crippen LogP contribution in [0.1, 0.15) is 37.4 Å². The van der Waals surface area contributed by atoms with E-state index in [0.29, 0.717) is 42.0 Å². The third kappa shape index (κ3) is 10.9. The van der Waals surface area contributed by atoms with Crippen molar-refractivity contribution in [3.05, 3.63) is 131 Å². The Kier molecular flexibility index (Phi) is 13.2. The quantitative estimate of drug-likeness (QED) is 0.196. The molecule has 50 heavy (non-hydrogen) atoms. The highest BCUT2D eigenvalue weighted by atomic mass is 32.2. The van der Waals surface area contributed by atoms with E-state index in [2.05, 4.69) is 0 Å². The highest BCUT2D eigenvalue weighted by Crippen LogP contribution is 2.32. The van der Waals surface area contributed by atoms with Crippen LogP contribution in [0.4, 0.5) is 24.5 Å². The van der Waals surface area contributed by atoms with Crippen LogP contribution in [0.2, 0.25) is 0 Å². The number of halogens is 3. The maximum atomic E-state index is 12.7. The lowest BCUT2D eigenvalue weighted by atomic mass is 10.1. The van der Waals surface area contributed by atoms with Crippen LogP contribution in [0.3, 0.4) is 0 Å². The van der Waals surface area contributed by atoms with Gasteiger partial charge < -0.3 is 21.7 Å². The van der Waals surface area contributed by atoms with Gasteiger partial charge in [-0.25, -0.2) is 13.2 Å². The number of carboxylic acids is 2. The van der Waals surface area contributed by atoms with Crippen LogP contribution >= 0.6 is 0 Å². The van der Waals surface area contributed by atoms with Gasteiger partial charge in [-0.15, -0.1) is 0 Å². The van der Waals surface area contributed by atoms with Crippen molar-refractivity contribution >= 4 is 45.2 Å². The molecular weight excluding hydrogens is 681 g/mol. The first kappa shape index (κ1) is 38.7. The fourth-order valence-electron chi connectivity index (χ4n) is 4.67. The highest BCUT2D eigenvalue weighted by molar-refractivity contribution is 7.92. The summed E-state index contributed by atoms with van der Waals surface area (Å²) in [4.78, 5) is 45.0. The molecule has 1 aliphatic rings. The minimum Gasteiger partial charge on any atom is -0.480 e. The van der Waals surface area contributed by atoms with Crippen LogP contribution in [-0.2, 0) is 38.3 Å². The second-order valence-corrected chi connectivity index (χ2v) is 12.5. The lowest BCUT2D eigenvalue weighted by Crippen LogP contribution is -2.35. The molecule has 0 saturated heterocycles. The van der Waals surface area contributed by atoms with E-state index < -0.39 is 40.6 Å². The number of rotatable bonds is 9. The number of carbonyl (C=O) groups excluding carboxylic acids is 2. The van der Waals surface area contributed by atoms with Gasteiger partial charge in [0, 0.05) is 29.9 Å². The lowest BCUT2D eigenvalue weighted by molar-refractivity contribution is -0.192. The first-order chi connectivity index (χ1) is 23.5. The Hall–Kier alpha value is -5.74. The zero-order chi connectivity index (χ0) is 37.1. The monoisotopic (exact) mass is 714 g/mol. The normalized spacial score (nSPS) is 12.0. The largest absolute Gasteiger partial charge is 0.490 e. The number of hydrogen-bond acceptors (Lipinski definition) is 7. The van der Waals surface area contributed by atoms with Gasteiger partial charge in [-0.1, -0.05) is 66.7 Å². The molecule has 0 spiro atoms. The average molecular weight is 715 g/mol. The van der Waals surface area contributed by atoms with E-state index in [9.17, 15) is 36.0 Å². The Morgan fingerprint density at radius 2 is 1.38 bits per heavy atom. The molecule has 16 heteroatoms. The number of para-hydroxylation sites is 1. The average Bonchev–Trinajstić information content (AvgIpc) is 3.52. The molecule has 0 aromatic heterocycles. The van der Waals surface area contributed by atoms with Gasteiger partial charge in [-0.2, -0.15) is 13.2 Å². The number of alkyl halides is 3. The molecule has 0 fully saturated rings. The molecule has 2 amide bonds. The molecule has 1 heterocycles. The minimum atomic E-state index is -5.08. The first-order valence-electron chi connectivity index (χ1n) is 14.7. The van der Waals surface area contributed by atoms with E-state index in [1.807, 2.05) is 30.3 Å². The Morgan fingerprint density at radius 1 is 0.800 bits per heavy atom. The van der Waals surface area contributed by atoms with Crippen molar-refractivity contribution in [3.8, 4) is 0 Å². The summed E-state index contributed by atoms with van der Waals surface area (Å²) in [5.41, 5.74) is 15.2. The third-order valence-corrected chi connectivity index (χ3v) is 8.76. The summed E-state index contributed by atoms with van der Waals surface area (Å²) in [6, 6.07) is 29.6. The van der Waals surface area contributed by atoms with E-state index >= 15 is 0 Å². The molecule has 264 valence electrons. The van der Waals surface area contributed by atoms with Crippen molar-refractivity contribution < 1.29 is 51.0 Å². The molecule has 5 rings (SSSR count). The van der Waals surface area contributed by atoms with Gasteiger partial charge in [0.1, 0.15) is 6.54 Å². The second-order valence-electron chi connectivity index (χ2n) is 10.6. The number of hydrogen-bond donors (Lipinski definition) is 4. The summed E-state index contributed by atoms with van der Waals surface area (Å²) in [6.07, 6.45) is -4.44. The summed E-state index contributed by atoms with van der Waals surface area (Å²) >= 11 is 0. The first-order valence-corrected chi connectivity index (χ1v) is 16.3. The number of primary amides is 1. The standard InChI is InChI=1S/C16H16N2O3S.C16H16N2O3.C2HF3O2/c17-16(19)14-7-6-13-8-9-18(15(13)10-14)22(20,21)11-12-4-2-1-3-5-12;17-10-12-5-4-6-13(9-12)16(21)18(11-15(19)20)14-7-2-1-3-8-14;3-2(4,5)1(6)7/h1-7,10H,8-9,11H2,(H2,17,19);1-9H,10-11,17H2,(H,19,20);(H,6,7). The number of carbonyl (C=O) groups is 4. The number of fused-ring (bicyclic) bond motifs is 1. The molecule has 0 atom stereocenters. The SMILES string of the molecule is NC(=O)c1ccc2c(c1)N(S(=O)(=O)Cc1ccccc1)CC2.NCc1cccc(C(=O)N(CC(=O)O)c2ccccc2)c1.O=C(O)C(F)(F)F. The van der Waals surface area contributed by atoms with Crippen molar-refractivity contribution in [1.82, 2.24) is 0 Å². The molecule has 0 bridgehead atoms. The number of nitrogens with zero attached hydrogens (tertiary/aromatic N) is 2. The van der Waals surface area contributed by atoms with Gasteiger partial charge in [0.2, 0.25) is 15.9 Å². The molecule has 0 radical (unpaired) electrons. The number of anilines is 2. The molecule has 4 aromatic rings. The number of amides is 2. The smallest absolute Gasteiger partial charge is 0.480 e. The van der Waals surface area contributed by atoms with E-state index in [0.717, 1.165) is 16.7 Å². The molecule has 0 saturated carbocycles. The van der Waals surface area contributed by atoms with Gasteiger partial charge in [-0.3, -0.25) is 23.6 Å². The molecule has 4 aromatic carbocycles. The molecule has 12 nitrogen and oxygen atoms in total. The van der Waals surface area contributed by atoms with Gasteiger partial charge in [0.25, 0.3) is 5.91 Å². The van der Waals surface area contributed by atoms with Crippen molar-refractivity contribution in [2.24, 2.45) is 11.5 Å². The van der Waals surface area contributed by atoms with Crippen molar-refractivity contribution in [1.29, 1.82) is 0 Å². The van der Waals surface area contributed by atoms with Crippen LogP contribution < -0.4 is 20.7 Å². The predicted molar refractivity (Wildman–Crippen MR) is 179 cm³/mol. The van der Waals surface area contributed by atoms with Crippen molar-refractivity contribution in [3.63, 3.8) is 0 Å². The fourth-order valence-corrected chi connectivity index (χ4v) is 6.27. The van der Waals surface area contributed by atoms with Crippen LogP contribution in [0.5, 0.6) is 0 Å². The van der Waals surface area contributed by atoms with Crippen LogP contribution in [0.25, 0.3) is 0 Å². The van der Waals surface area contributed by atoms with Crippen LogP contribution in [0, 0.1) is 0 Å². The maximum absolute atomic E-state index is 12.7. The number of aliphatic carboxylic acids is 2. The Labute approximate surface area is 285 Å². The molecule has 0 aliphatic carbocycles. The van der Waals surface area contributed by atoms with Crippen LogP contribution in [-0.4, -0.2) is 61.6 Å². The summed E-state index contributed by atoms with van der Waals surface area (Å²) in [5, 5.41) is 16.2. The number of benzene rings is 4. The summed E-state index contributed by atoms with van der Waals surface area (Å²) in [5.74, 6) is -4.81. The molecule has 0 unspecified atom stereocenters. The number of carboxylic acid groups (broad SMARTS) is 2. The molecule has 6 N–H and O–H groups in total. The van der Waals surface area contributed by atoms with Crippen LogP contribution in [0.15, 0.2) is 103 Å². The lowest BCUT2D eigenvalue weighted by Gasteiger charge is -2.21. The maximum Gasteiger partial charge on any atom is 0.490 e. The second kappa shape index (κ2) is 17.1. The zero-order valence-electron chi connectivity index (χ0n) is 26.3. The van der Waals surface area contributed by atoms with E-state index in [4.69, 9.17) is 26.5 Å². The zero-order valence-corrected chi connectivity index (χ0v) is 27.1. The minimum absolute atomic E-state index is 0.0614. The fraction of sp³-hybridized carbons (Fsp3) is 0.176. The topological polar surface area (TPSA) is 201 Å². The van der Waals surface area contributed by atoms with Gasteiger partial charge in [0.15, 0.2) is 0 Å². The van der Waals surface area contributed by atoms with Gasteiger partial charge in [-0.05, 0) is 59.5 Å². The molecular formula is C34H33F3N4O8S. The Bertz CT molecular complexity index is 1930. The number of nitrogens with two attached hydrogens (primary N) is 2. The third-order valence-electron chi connectivity index (χ3n) is 7.01. The predicted octanol–water partition coefficient (Wildman–Crippen LogP) is 4.19. The van der Waals surface area contributed by atoms with E-state index in [-0.39, 0.29) is 11.7 Å².